The molecule has 0 atom stereocenters. The van der Waals surface area contributed by atoms with Gasteiger partial charge in [-0.15, -0.1) is 0 Å². The first kappa shape index (κ1) is 12.7. The summed E-state index contributed by atoms with van der Waals surface area (Å²) in [6, 6.07) is 19.6. The zero-order valence-electron chi connectivity index (χ0n) is 10.7. The van der Waals surface area contributed by atoms with Crippen LogP contribution in [0.5, 0.6) is 0 Å². The van der Waals surface area contributed by atoms with Crippen LogP contribution in [0.15, 0.2) is 75.0 Å². The summed E-state index contributed by atoms with van der Waals surface area (Å²) in [4.78, 5) is 11.8. The third kappa shape index (κ3) is 2.67. The Labute approximate surface area is 120 Å². The third-order valence-corrected chi connectivity index (χ3v) is 3.94. The molecule has 0 bridgehead atoms. The molecule has 4 nitrogen and oxygen atoms in total. The summed E-state index contributed by atoms with van der Waals surface area (Å²) in [6.45, 7) is 0. The monoisotopic (exact) mass is 285 g/mol. The van der Waals surface area contributed by atoms with Gasteiger partial charge in [-0.1, -0.05) is 48.5 Å². The number of H-pyrrole nitrogens is 1. The number of hydrogen-bond acceptors (Lipinski definition) is 3. The van der Waals surface area contributed by atoms with E-state index in [0.717, 1.165) is 17.0 Å². The quantitative estimate of drug-likeness (QED) is 0.592. The molecule has 0 saturated heterocycles. The predicted molar refractivity (Wildman–Crippen MR) is 76.9 cm³/mol. The average Bonchev–Trinajstić information content (AvgIpc) is 2.88. The van der Waals surface area contributed by atoms with Gasteiger partial charge in [-0.3, -0.25) is 4.52 Å². The summed E-state index contributed by atoms with van der Waals surface area (Å²) < 4.78 is 6.56. The highest BCUT2D eigenvalue weighted by atomic mass is 32.2. The summed E-state index contributed by atoms with van der Waals surface area (Å²) in [7, 11) is 0. The fourth-order valence-corrected chi connectivity index (χ4v) is 2.79. The van der Waals surface area contributed by atoms with Crippen molar-refractivity contribution in [2.75, 3.05) is 0 Å². The number of aromatic amines is 1. The minimum atomic E-state index is -0.352. The summed E-state index contributed by atoms with van der Waals surface area (Å²) in [5, 5.41) is 3.18. The highest BCUT2D eigenvalue weighted by molar-refractivity contribution is 7.98. The minimum Gasteiger partial charge on any atom is -0.282 e. The van der Waals surface area contributed by atoms with Crippen LogP contribution in [0.2, 0.25) is 0 Å². The lowest BCUT2D eigenvalue weighted by molar-refractivity contribution is -0.704. The summed E-state index contributed by atoms with van der Waals surface area (Å²) in [5.74, 6) is 0.719. The van der Waals surface area contributed by atoms with Crippen molar-refractivity contribution in [1.29, 1.82) is 0 Å². The standard InChI is InChI=1S/C15H12N2O2S/c18-15-14(20-11-12-7-3-1-4-8-12)17(16-19-15)13-9-5-2-6-10-13/h1-10H,11H2/p+1. The molecular weight excluding hydrogens is 272 g/mol. The van der Waals surface area contributed by atoms with Gasteiger partial charge in [-0.25, -0.2) is 4.79 Å². The Morgan fingerprint density at radius 1 is 1.00 bits per heavy atom. The molecule has 0 saturated carbocycles. The van der Waals surface area contributed by atoms with E-state index in [-0.39, 0.29) is 5.63 Å². The van der Waals surface area contributed by atoms with Crippen molar-refractivity contribution in [3.8, 4) is 5.69 Å². The molecule has 3 aromatic rings. The van der Waals surface area contributed by atoms with Crippen LogP contribution in [-0.2, 0) is 5.75 Å². The molecule has 0 fully saturated rings. The topological polar surface area (TPSA) is 49.9 Å². The van der Waals surface area contributed by atoms with Gasteiger partial charge in [0.05, 0.1) is 0 Å². The highest BCUT2D eigenvalue weighted by Crippen LogP contribution is 2.17. The molecule has 0 unspecified atom stereocenters. The molecule has 0 aliphatic heterocycles. The summed E-state index contributed by atoms with van der Waals surface area (Å²) in [6.07, 6.45) is 0. The second-order valence-electron chi connectivity index (χ2n) is 4.23. The van der Waals surface area contributed by atoms with Crippen LogP contribution < -0.4 is 10.3 Å². The second-order valence-corrected chi connectivity index (χ2v) is 5.20. The van der Waals surface area contributed by atoms with Crippen molar-refractivity contribution in [1.82, 2.24) is 5.27 Å². The SMILES string of the molecule is O=c1o[nH][n+](-c2ccccc2)c1SCc1ccccc1. The van der Waals surface area contributed by atoms with Crippen LogP contribution in [0.4, 0.5) is 0 Å². The molecule has 0 amide bonds. The normalized spacial score (nSPS) is 10.6. The van der Waals surface area contributed by atoms with E-state index in [1.807, 2.05) is 60.7 Å². The molecule has 2 aromatic carbocycles. The lowest BCUT2D eigenvalue weighted by Crippen LogP contribution is -2.35. The van der Waals surface area contributed by atoms with Crippen molar-refractivity contribution in [3.63, 3.8) is 0 Å². The van der Waals surface area contributed by atoms with E-state index in [1.165, 1.54) is 11.8 Å². The third-order valence-electron chi connectivity index (χ3n) is 2.84. The van der Waals surface area contributed by atoms with E-state index in [9.17, 15) is 4.79 Å². The van der Waals surface area contributed by atoms with Gasteiger partial charge in [-0.2, -0.15) is 0 Å². The number of para-hydroxylation sites is 1. The zero-order valence-corrected chi connectivity index (χ0v) is 11.5. The van der Waals surface area contributed by atoms with Gasteiger partial charge in [0.25, 0.3) is 0 Å². The Balaban J connectivity index is 1.87. The van der Waals surface area contributed by atoms with Crippen LogP contribution in [0.25, 0.3) is 5.69 Å². The van der Waals surface area contributed by atoms with E-state index < -0.39 is 0 Å². The first-order chi connectivity index (χ1) is 9.84. The van der Waals surface area contributed by atoms with Crippen molar-refractivity contribution in [2.24, 2.45) is 0 Å². The van der Waals surface area contributed by atoms with E-state index in [4.69, 9.17) is 4.52 Å². The van der Waals surface area contributed by atoms with Crippen LogP contribution >= 0.6 is 11.8 Å². The van der Waals surface area contributed by atoms with E-state index in [1.54, 1.807) is 4.68 Å². The Hall–Kier alpha value is -2.27. The average molecular weight is 285 g/mol. The number of rotatable bonds is 4. The van der Waals surface area contributed by atoms with Gasteiger partial charge in [-0.05, 0) is 27.3 Å². The first-order valence-corrected chi connectivity index (χ1v) is 7.19. The lowest BCUT2D eigenvalue weighted by Gasteiger charge is -1.96. The number of hydrogen-bond donors (Lipinski definition) is 1. The molecule has 1 aromatic heterocycles. The highest BCUT2D eigenvalue weighted by Gasteiger charge is 2.23. The number of nitrogens with one attached hydrogen (secondary N) is 1. The van der Waals surface area contributed by atoms with Gasteiger partial charge in [0, 0.05) is 17.9 Å². The molecule has 0 aliphatic rings. The largest absolute Gasteiger partial charge is 0.442 e. The molecule has 0 radical (unpaired) electrons. The van der Waals surface area contributed by atoms with Crippen molar-refractivity contribution < 1.29 is 9.20 Å². The Morgan fingerprint density at radius 3 is 2.35 bits per heavy atom. The number of nitrogens with zero attached hydrogens (tertiary/aromatic N) is 1. The Kier molecular flexibility index (Phi) is 3.69. The fourth-order valence-electron chi connectivity index (χ4n) is 1.86. The summed E-state index contributed by atoms with van der Waals surface area (Å²) in [5.41, 5.74) is 1.68. The molecule has 0 spiro atoms. The van der Waals surface area contributed by atoms with E-state index >= 15 is 0 Å². The lowest BCUT2D eigenvalue weighted by atomic mass is 10.2. The van der Waals surface area contributed by atoms with E-state index in [2.05, 4.69) is 5.27 Å². The van der Waals surface area contributed by atoms with Crippen molar-refractivity contribution >= 4 is 11.8 Å². The molecule has 1 heterocycles. The van der Waals surface area contributed by atoms with E-state index in [0.29, 0.717) is 5.03 Å². The molecule has 3 rings (SSSR count). The molecular formula is C15H13N2O2S+. The van der Waals surface area contributed by atoms with Crippen molar-refractivity contribution in [3.05, 3.63) is 76.6 Å². The van der Waals surface area contributed by atoms with Gasteiger partial charge >= 0.3 is 10.7 Å². The molecule has 20 heavy (non-hydrogen) atoms. The Bertz CT molecular complexity index is 735. The van der Waals surface area contributed by atoms with Crippen LogP contribution in [0.1, 0.15) is 5.56 Å². The van der Waals surface area contributed by atoms with Crippen LogP contribution in [0.3, 0.4) is 0 Å². The second kappa shape index (κ2) is 5.79. The first-order valence-electron chi connectivity index (χ1n) is 6.20. The van der Waals surface area contributed by atoms with Gasteiger partial charge in [0.1, 0.15) is 0 Å². The number of benzene rings is 2. The molecule has 1 N–H and O–H groups in total. The van der Waals surface area contributed by atoms with Gasteiger partial charge < -0.3 is 0 Å². The maximum Gasteiger partial charge on any atom is 0.442 e. The number of thioether (sulfide) groups is 1. The molecule has 100 valence electrons. The molecule has 5 heteroatoms. The van der Waals surface area contributed by atoms with Gasteiger partial charge in [0.15, 0.2) is 0 Å². The smallest absolute Gasteiger partial charge is 0.282 e. The van der Waals surface area contributed by atoms with Crippen LogP contribution in [-0.4, -0.2) is 5.27 Å². The minimum absolute atomic E-state index is 0.352. The van der Waals surface area contributed by atoms with Crippen LogP contribution in [0, 0.1) is 0 Å². The zero-order chi connectivity index (χ0) is 13.8. The summed E-state index contributed by atoms with van der Waals surface area (Å²) >= 11 is 1.45. The van der Waals surface area contributed by atoms with Crippen molar-refractivity contribution in [2.45, 2.75) is 10.8 Å². The number of aromatic nitrogens is 2. The maximum absolute atomic E-state index is 11.8. The maximum atomic E-state index is 11.8. The predicted octanol–water partition coefficient (Wildman–Crippen LogP) is 2.54. The Morgan fingerprint density at radius 2 is 1.65 bits per heavy atom. The van der Waals surface area contributed by atoms with Gasteiger partial charge in [0.2, 0.25) is 5.69 Å². The molecule has 0 aliphatic carbocycles. The fraction of sp³-hybridized carbons (Fsp3) is 0.0667.